The van der Waals surface area contributed by atoms with Crippen molar-refractivity contribution in [1.82, 2.24) is 19.3 Å². The predicted octanol–water partition coefficient (Wildman–Crippen LogP) is 3.28. The molecule has 2 heterocycles. The number of para-hydroxylation sites is 3. The molecular weight excluding hydrogens is 260 g/mol. The number of imidazole rings is 1. The van der Waals surface area contributed by atoms with E-state index in [1.54, 1.807) is 0 Å². The Balaban J connectivity index is 1.89. The van der Waals surface area contributed by atoms with Crippen LogP contribution in [0.15, 0.2) is 48.5 Å². The summed E-state index contributed by atoms with van der Waals surface area (Å²) in [7, 11) is 1.99. The predicted molar refractivity (Wildman–Crippen MR) is 84.3 cm³/mol. The maximum absolute atomic E-state index is 4.68. The Kier molecular flexibility index (Phi) is 2.57. The van der Waals surface area contributed by atoms with Gasteiger partial charge in [0.25, 0.3) is 0 Å². The van der Waals surface area contributed by atoms with Gasteiger partial charge in [-0.05, 0) is 25.1 Å². The number of aromatic nitrogens is 4. The molecule has 0 aliphatic heterocycles. The summed E-state index contributed by atoms with van der Waals surface area (Å²) in [4.78, 5) is 4.62. The van der Waals surface area contributed by atoms with Crippen molar-refractivity contribution in [2.75, 3.05) is 0 Å². The Hall–Kier alpha value is -2.62. The van der Waals surface area contributed by atoms with Crippen molar-refractivity contribution < 1.29 is 0 Å². The highest BCUT2D eigenvalue weighted by atomic mass is 15.3. The summed E-state index contributed by atoms with van der Waals surface area (Å²) in [6.07, 6.45) is 0. The van der Waals surface area contributed by atoms with Crippen LogP contribution >= 0.6 is 0 Å². The van der Waals surface area contributed by atoms with Crippen molar-refractivity contribution in [3.05, 3.63) is 60.0 Å². The minimum Gasteiger partial charge on any atom is -0.322 e. The third kappa shape index (κ3) is 1.83. The Morgan fingerprint density at radius 1 is 0.952 bits per heavy atom. The molecule has 4 heteroatoms. The molecule has 0 saturated carbocycles. The van der Waals surface area contributed by atoms with Gasteiger partial charge in [0.15, 0.2) is 0 Å². The number of rotatable bonds is 2. The highest BCUT2D eigenvalue weighted by Gasteiger charge is 2.12. The van der Waals surface area contributed by atoms with Gasteiger partial charge in [0.1, 0.15) is 5.82 Å². The van der Waals surface area contributed by atoms with Gasteiger partial charge in [0, 0.05) is 12.4 Å². The first-order valence-electron chi connectivity index (χ1n) is 7.06. The van der Waals surface area contributed by atoms with E-state index < -0.39 is 0 Å². The lowest BCUT2D eigenvalue weighted by Crippen LogP contribution is -2.03. The first kappa shape index (κ1) is 12.1. The molecule has 0 bridgehead atoms. The molecule has 0 unspecified atom stereocenters. The standard InChI is InChI=1S/C17H16N4/c1-12-18-14-8-4-6-10-17(14)21(12)11-15-13-7-3-5-9-16(13)20(2)19-15/h3-10H,11H2,1-2H3. The number of fused-ring (bicyclic) bond motifs is 2. The van der Waals surface area contributed by atoms with Crippen LogP contribution in [-0.2, 0) is 13.6 Å². The molecule has 0 amide bonds. The number of hydrogen-bond donors (Lipinski definition) is 0. The quantitative estimate of drug-likeness (QED) is 0.563. The zero-order valence-corrected chi connectivity index (χ0v) is 12.1. The third-order valence-corrected chi connectivity index (χ3v) is 3.99. The highest BCUT2D eigenvalue weighted by Crippen LogP contribution is 2.21. The van der Waals surface area contributed by atoms with Crippen LogP contribution in [-0.4, -0.2) is 19.3 Å². The van der Waals surface area contributed by atoms with Crippen LogP contribution < -0.4 is 0 Å². The van der Waals surface area contributed by atoms with Gasteiger partial charge in [-0.15, -0.1) is 0 Å². The summed E-state index contributed by atoms with van der Waals surface area (Å²) in [6.45, 7) is 2.79. The van der Waals surface area contributed by atoms with E-state index in [9.17, 15) is 0 Å². The lowest BCUT2D eigenvalue weighted by atomic mass is 10.2. The molecule has 0 fully saturated rings. The number of nitrogens with zero attached hydrogens (tertiary/aromatic N) is 4. The van der Waals surface area contributed by atoms with Crippen LogP contribution in [0.4, 0.5) is 0 Å². The topological polar surface area (TPSA) is 35.6 Å². The molecule has 0 spiro atoms. The molecule has 0 saturated heterocycles. The molecule has 0 radical (unpaired) electrons. The minimum atomic E-state index is 0.744. The lowest BCUT2D eigenvalue weighted by Gasteiger charge is -2.04. The molecule has 0 aliphatic carbocycles. The maximum Gasteiger partial charge on any atom is 0.107 e. The van der Waals surface area contributed by atoms with E-state index >= 15 is 0 Å². The summed E-state index contributed by atoms with van der Waals surface area (Å²) in [6, 6.07) is 16.6. The fourth-order valence-electron chi connectivity index (χ4n) is 2.95. The van der Waals surface area contributed by atoms with Crippen molar-refractivity contribution in [1.29, 1.82) is 0 Å². The molecule has 21 heavy (non-hydrogen) atoms. The van der Waals surface area contributed by atoms with Crippen LogP contribution in [0.5, 0.6) is 0 Å². The van der Waals surface area contributed by atoms with Crippen LogP contribution in [0.1, 0.15) is 11.5 Å². The fourth-order valence-corrected chi connectivity index (χ4v) is 2.95. The van der Waals surface area contributed by atoms with E-state index in [2.05, 4.69) is 51.0 Å². The normalized spacial score (nSPS) is 11.5. The van der Waals surface area contributed by atoms with Crippen molar-refractivity contribution in [3.63, 3.8) is 0 Å². The van der Waals surface area contributed by atoms with Gasteiger partial charge in [-0.25, -0.2) is 4.98 Å². The first-order chi connectivity index (χ1) is 10.2. The van der Waals surface area contributed by atoms with E-state index in [0.717, 1.165) is 34.6 Å². The Bertz CT molecular complexity index is 946. The van der Waals surface area contributed by atoms with Crippen LogP contribution in [0, 0.1) is 6.92 Å². The molecular formula is C17H16N4. The van der Waals surface area contributed by atoms with E-state index in [1.807, 2.05) is 30.8 Å². The largest absolute Gasteiger partial charge is 0.322 e. The SMILES string of the molecule is Cc1nc2ccccc2n1Cc1nn(C)c2ccccc12. The maximum atomic E-state index is 4.68. The zero-order valence-electron chi connectivity index (χ0n) is 12.1. The van der Waals surface area contributed by atoms with Gasteiger partial charge in [-0.2, -0.15) is 5.10 Å². The summed E-state index contributed by atoms with van der Waals surface area (Å²) in [5.41, 5.74) is 4.44. The smallest absolute Gasteiger partial charge is 0.107 e. The molecule has 4 aromatic rings. The van der Waals surface area contributed by atoms with Crippen molar-refractivity contribution >= 4 is 21.9 Å². The van der Waals surface area contributed by atoms with Crippen LogP contribution in [0.2, 0.25) is 0 Å². The molecule has 4 nitrogen and oxygen atoms in total. The van der Waals surface area contributed by atoms with Crippen molar-refractivity contribution in [3.8, 4) is 0 Å². The Morgan fingerprint density at radius 2 is 1.67 bits per heavy atom. The molecule has 0 atom stereocenters. The number of hydrogen-bond acceptors (Lipinski definition) is 2. The molecule has 104 valence electrons. The zero-order chi connectivity index (χ0) is 14.4. The first-order valence-corrected chi connectivity index (χ1v) is 7.06. The lowest BCUT2D eigenvalue weighted by molar-refractivity contribution is 0.716. The Morgan fingerprint density at radius 3 is 2.52 bits per heavy atom. The van der Waals surface area contributed by atoms with Gasteiger partial charge in [0.05, 0.1) is 28.8 Å². The van der Waals surface area contributed by atoms with Gasteiger partial charge in [-0.3, -0.25) is 4.68 Å². The molecule has 2 aromatic carbocycles. The third-order valence-electron chi connectivity index (χ3n) is 3.99. The molecule has 0 aliphatic rings. The van der Waals surface area contributed by atoms with Gasteiger partial charge in [-0.1, -0.05) is 30.3 Å². The van der Waals surface area contributed by atoms with E-state index in [-0.39, 0.29) is 0 Å². The van der Waals surface area contributed by atoms with Crippen LogP contribution in [0.3, 0.4) is 0 Å². The summed E-state index contributed by atoms with van der Waals surface area (Å²) in [5.74, 6) is 1.02. The second-order valence-electron chi connectivity index (χ2n) is 5.32. The van der Waals surface area contributed by atoms with Crippen molar-refractivity contribution in [2.24, 2.45) is 7.05 Å². The Labute approximate surface area is 122 Å². The van der Waals surface area contributed by atoms with Gasteiger partial charge in [0.2, 0.25) is 0 Å². The minimum absolute atomic E-state index is 0.744. The summed E-state index contributed by atoms with van der Waals surface area (Å²) >= 11 is 0. The molecule has 4 rings (SSSR count). The summed E-state index contributed by atoms with van der Waals surface area (Å²) in [5, 5.41) is 5.89. The van der Waals surface area contributed by atoms with Gasteiger partial charge < -0.3 is 4.57 Å². The highest BCUT2D eigenvalue weighted by molar-refractivity contribution is 5.82. The van der Waals surface area contributed by atoms with Crippen molar-refractivity contribution in [2.45, 2.75) is 13.5 Å². The van der Waals surface area contributed by atoms with E-state index in [1.165, 1.54) is 5.39 Å². The average molecular weight is 276 g/mol. The average Bonchev–Trinajstić information content (AvgIpc) is 2.99. The van der Waals surface area contributed by atoms with E-state index in [4.69, 9.17) is 0 Å². The second kappa shape index (κ2) is 4.45. The number of aryl methyl sites for hydroxylation is 2. The summed E-state index contributed by atoms with van der Waals surface area (Å²) < 4.78 is 4.17. The fraction of sp³-hybridized carbons (Fsp3) is 0.176. The van der Waals surface area contributed by atoms with E-state index in [0.29, 0.717) is 0 Å². The monoisotopic (exact) mass is 276 g/mol. The van der Waals surface area contributed by atoms with Crippen LogP contribution in [0.25, 0.3) is 21.9 Å². The molecule has 0 N–H and O–H groups in total. The molecule has 2 aromatic heterocycles. The number of benzene rings is 2. The second-order valence-corrected chi connectivity index (χ2v) is 5.32. The van der Waals surface area contributed by atoms with Gasteiger partial charge >= 0.3 is 0 Å².